The van der Waals surface area contributed by atoms with Gasteiger partial charge in [0.05, 0.1) is 24.9 Å². The first kappa shape index (κ1) is 19.0. The summed E-state index contributed by atoms with van der Waals surface area (Å²) in [6.07, 6.45) is 6.03. The van der Waals surface area contributed by atoms with Gasteiger partial charge in [-0.05, 0) is 73.2 Å². The van der Waals surface area contributed by atoms with Crippen molar-refractivity contribution in [2.75, 3.05) is 26.3 Å². The second-order valence-electron chi connectivity index (χ2n) is 9.32. The molecule has 1 N–H and O–H groups in total. The molecule has 2 aliphatic heterocycles. The second kappa shape index (κ2) is 7.46. The van der Waals surface area contributed by atoms with Crippen molar-refractivity contribution in [3.05, 3.63) is 54.0 Å². The van der Waals surface area contributed by atoms with E-state index in [1.54, 1.807) is 6.33 Å². The smallest absolute Gasteiger partial charge is 0.164 e. The predicted octanol–water partition coefficient (Wildman–Crippen LogP) is 4.58. The standard InChI is InChI=1S/C25H29N5O/c1-16(2)23-21-12-18(17-7-10-29(11-8-17)19-13-31-14-19)5-6-22(21)28-24(23)20-4-3-9-30-25(20)26-15-27-30/h3-6,9,12,15-17,19,28H,7-8,10-11,13-14H2,1-2H3. The van der Waals surface area contributed by atoms with Gasteiger partial charge in [-0.3, -0.25) is 4.90 Å². The quantitative estimate of drug-likeness (QED) is 0.530. The fourth-order valence-electron chi connectivity index (χ4n) is 5.37. The number of aromatic nitrogens is 4. The molecule has 2 fully saturated rings. The van der Waals surface area contributed by atoms with Gasteiger partial charge in [0.25, 0.3) is 0 Å². The number of nitrogens with one attached hydrogen (secondary N) is 1. The van der Waals surface area contributed by atoms with Crippen LogP contribution in [0.15, 0.2) is 42.9 Å². The zero-order valence-electron chi connectivity index (χ0n) is 18.2. The number of ether oxygens (including phenoxy) is 1. The molecule has 160 valence electrons. The van der Waals surface area contributed by atoms with E-state index in [1.165, 1.54) is 53.7 Å². The maximum absolute atomic E-state index is 5.39. The molecule has 4 aromatic rings. The molecule has 0 radical (unpaired) electrons. The fourth-order valence-corrected chi connectivity index (χ4v) is 5.37. The van der Waals surface area contributed by atoms with E-state index in [1.807, 2.05) is 16.8 Å². The molecule has 0 atom stereocenters. The van der Waals surface area contributed by atoms with Gasteiger partial charge in [0.2, 0.25) is 0 Å². The molecule has 31 heavy (non-hydrogen) atoms. The average Bonchev–Trinajstić information content (AvgIpc) is 3.37. The summed E-state index contributed by atoms with van der Waals surface area (Å²) in [5.41, 5.74) is 7.22. The Morgan fingerprint density at radius 2 is 1.97 bits per heavy atom. The summed E-state index contributed by atoms with van der Waals surface area (Å²) in [7, 11) is 0. The normalized spacial score (nSPS) is 18.9. The molecule has 0 aliphatic carbocycles. The predicted molar refractivity (Wildman–Crippen MR) is 123 cm³/mol. The third-order valence-electron chi connectivity index (χ3n) is 7.15. The summed E-state index contributed by atoms with van der Waals surface area (Å²) in [6, 6.07) is 11.9. The van der Waals surface area contributed by atoms with Crippen LogP contribution in [-0.4, -0.2) is 56.8 Å². The average molecular weight is 416 g/mol. The Morgan fingerprint density at radius 1 is 1.13 bits per heavy atom. The lowest BCUT2D eigenvalue weighted by atomic mass is 9.87. The van der Waals surface area contributed by atoms with Crippen molar-refractivity contribution in [1.82, 2.24) is 24.5 Å². The van der Waals surface area contributed by atoms with Gasteiger partial charge in [0.1, 0.15) is 6.33 Å². The number of hydrogen-bond donors (Lipinski definition) is 1. The van der Waals surface area contributed by atoms with E-state index in [0.717, 1.165) is 24.4 Å². The van der Waals surface area contributed by atoms with E-state index >= 15 is 0 Å². The zero-order valence-corrected chi connectivity index (χ0v) is 18.2. The Kier molecular flexibility index (Phi) is 4.58. The first-order chi connectivity index (χ1) is 15.2. The van der Waals surface area contributed by atoms with Crippen molar-refractivity contribution in [3.8, 4) is 11.3 Å². The van der Waals surface area contributed by atoms with Crippen molar-refractivity contribution < 1.29 is 4.74 Å². The Morgan fingerprint density at radius 3 is 2.71 bits per heavy atom. The number of pyridine rings is 1. The lowest BCUT2D eigenvalue weighted by Crippen LogP contribution is -2.51. The Balaban J connectivity index is 1.38. The Hall–Kier alpha value is -2.70. The van der Waals surface area contributed by atoms with Crippen LogP contribution >= 0.6 is 0 Å². The summed E-state index contributed by atoms with van der Waals surface area (Å²) in [5, 5.41) is 5.66. The number of rotatable bonds is 4. The Bertz CT molecular complexity index is 1230. The molecule has 2 aliphatic rings. The molecule has 0 amide bonds. The number of benzene rings is 1. The van der Waals surface area contributed by atoms with Crippen molar-refractivity contribution in [2.45, 2.75) is 44.6 Å². The summed E-state index contributed by atoms with van der Waals surface area (Å²) < 4.78 is 7.23. The SMILES string of the molecule is CC(C)c1c(-c2cccn3ncnc23)[nH]c2ccc(C3CCN(C4COC4)CC3)cc12. The molecule has 2 saturated heterocycles. The molecule has 6 rings (SSSR count). The van der Waals surface area contributed by atoms with Crippen LogP contribution in [0, 0.1) is 0 Å². The molecule has 0 bridgehead atoms. The number of piperidine rings is 1. The largest absolute Gasteiger partial charge is 0.378 e. The number of likely N-dealkylation sites (tertiary alicyclic amines) is 1. The number of fused-ring (bicyclic) bond motifs is 2. The molecule has 1 aromatic carbocycles. The number of H-pyrrole nitrogens is 1. The van der Waals surface area contributed by atoms with Gasteiger partial charge in [-0.1, -0.05) is 19.9 Å². The van der Waals surface area contributed by atoms with Crippen molar-refractivity contribution in [3.63, 3.8) is 0 Å². The van der Waals surface area contributed by atoms with Crippen LogP contribution < -0.4 is 0 Å². The van der Waals surface area contributed by atoms with Crippen LogP contribution in [0.25, 0.3) is 27.8 Å². The minimum Gasteiger partial charge on any atom is -0.378 e. The highest BCUT2D eigenvalue weighted by molar-refractivity contribution is 5.94. The maximum Gasteiger partial charge on any atom is 0.164 e. The molecular weight excluding hydrogens is 386 g/mol. The zero-order chi connectivity index (χ0) is 20.9. The molecule has 0 unspecified atom stereocenters. The minimum atomic E-state index is 0.405. The first-order valence-electron chi connectivity index (χ1n) is 11.4. The van der Waals surface area contributed by atoms with Crippen LogP contribution in [-0.2, 0) is 4.74 Å². The first-order valence-corrected chi connectivity index (χ1v) is 11.4. The second-order valence-corrected chi connectivity index (χ2v) is 9.32. The molecule has 5 heterocycles. The highest BCUT2D eigenvalue weighted by Gasteiger charge is 2.30. The van der Waals surface area contributed by atoms with Gasteiger partial charge in [0, 0.05) is 22.7 Å². The van der Waals surface area contributed by atoms with E-state index in [4.69, 9.17) is 4.74 Å². The minimum absolute atomic E-state index is 0.405. The topological polar surface area (TPSA) is 58.5 Å². The monoisotopic (exact) mass is 415 g/mol. The van der Waals surface area contributed by atoms with Crippen molar-refractivity contribution >= 4 is 16.6 Å². The molecule has 0 spiro atoms. The van der Waals surface area contributed by atoms with Gasteiger partial charge >= 0.3 is 0 Å². The molecule has 6 heteroatoms. The number of hydrogen-bond acceptors (Lipinski definition) is 4. The van der Waals surface area contributed by atoms with Gasteiger partial charge in [0.15, 0.2) is 5.65 Å². The van der Waals surface area contributed by atoms with Gasteiger partial charge < -0.3 is 9.72 Å². The summed E-state index contributed by atoms with van der Waals surface area (Å²) in [5.74, 6) is 1.04. The van der Waals surface area contributed by atoms with Crippen LogP contribution in [0.4, 0.5) is 0 Å². The van der Waals surface area contributed by atoms with E-state index in [0.29, 0.717) is 17.9 Å². The third kappa shape index (κ3) is 3.17. The highest BCUT2D eigenvalue weighted by Crippen LogP contribution is 2.39. The lowest BCUT2D eigenvalue weighted by molar-refractivity contribution is -0.0712. The highest BCUT2D eigenvalue weighted by atomic mass is 16.5. The van der Waals surface area contributed by atoms with Crippen LogP contribution in [0.1, 0.15) is 49.7 Å². The van der Waals surface area contributed by atoms with E-state index in [9.17, 15) is 0 Å². The van der Waals surface area contributed by atoms with E-state index < -0.39 is 0 Å². The molecule has 3 aromatic heterocycles. The molecule has 0 saturated carbocycles. The van der Waals surface area contributed by atoms with Gasteiger partial charge in [-0.25, -0.2) is 9.50 Å². The van der Waals surface area contributed by atoms with Crippen molar-refractivity contribution in [2.24, 2.45) is 0 Å². The van der Waals surface area contributed by atoms with Crippen LogP contribution in [0.3, 0.4) is 0 Å². The third-order valence-corrected chi connectivity index (χ3v) is 7.15. The van der Waals surface area contributed by atoms with Gasteiger partial charge in [-0.15, -0.1) is 0 Å². The number of aromatic amines is 1. The van der Waals surface area contributed by atoms with Crippen LogP contribution in [0.5, 0.6) is 0 Å². The lowest BCUT2D eigenvalue weighted by Gasteiger charge is -2.41. The summed E-state index contributed by atoms with van der Waals surface area (Å²) in [4.78, 5) is 10.8. The molecule has 6 nitrogen and oxygen atoms in total. The number of nitrogens with zero attached hydrogens (tertiary/aromatic N) is 4. The van der Waals surface area contributed by atoms with Crippen molar-refractivity contribution in [1.29, 1.82) is 0 Å². The van der Waals surface area contributed by atoms with Crippen LogP contribution in [0.2, 0.25) is 0 Å². The van der Waals surface area contributed by atoms with Gasteiger partial charge in [-0.2, -0.15) is 5.10 Å². The Labute approximate surface area is 182 Å². The molecular formula is C25H29N5O. The fraction of sp³-hybridized carbons (Fsp3) is 0.440. The maximum atomic E-state index is 5.39. The summed E-state index contributed by atoms with van der Waals surface area (Å²) >= 11 is 0. The van der Waals surface area contributed by atoms with E-state index in [-0.39, 0.29) is 0 Å². The summed E-state index contributed by atoms with van der Waals surface area (Å²) in [6.45, 7) is 8.75. The van der Waals surface area contributed by atoms with E-state index in [2.05, 4.69) is 58.1 Å².